The summed E-state index contributed by atoms with van der Waals surface area (Å²) in [6, 6.07) is 11.2. The van der Waals surface area contributed by atoms with Gasteiger partial charge in [0.1, 0.15) is 0 Å². The third-order valence-electron chi connectivity index (χ3n) is 3.94. The SMILES string of the molecule is CCc1cc(CC(NC)c2cccc(N(C)C)c2)n(C)n1. The first-order chi connectivity index (χ1) is 10.0. The molecule has 1 unspecified atom stereocenters. The van der Waals surface area contributed by atoms with Gasteiger partial charge in [-0.2, -0.15) is 5.10 Å². The van der Waals surface area contributed by atoms with Gasteiger partial charge in [0.15, 0.2) is 0 Å². The Morgan fingerprint density at radius 3 is 2.62 bits per heavy atom. The highest BCUT2D eigenvalue weighted by atomic mass is 15.3. The number of benzene rings is 1. The zero-order chi connectivity index (χ0) is 15.4. The van der Waals surface area contributed by atoms with Gasteiger partial charge in [0.05, 0.1) is 5.69 Å². The van der Waals surface area contributed by atoms with Crippen molar-refractivity contribution in [1.82, 2.24) is 15.1 Å². The van der Waals surface area contributed by atoms with Crippen LogP contribution in [0.1, 0.15) is 29.9 Å². The lowest BCUT2D eigenvalue weighted by atomic mass is 10.0. The van der Waals surface area contributed by atoms with Gasteiger partial charge in [-0.15, -0.1) is 0 Å². The molecule has 0 fully saturated rings. The smallest absolute Gasteiger partial charge is 0.0624 e. The summed E-state index contributed by atoms with van der Waals surface area (Å²) in [5.74, 6) is 0. The molecule has 4 nitrogen and oxygen atoms in total. The molecule has 0 bridgehead atoms. The largest absolute Gasteiger partial charge is 0.378 e. The van der Waals surface area contributed by atoms with Gasteiger partial charge in [-0.3, -0.25) is 4.68 Å². The van der Waals surface area contributed by atoms with Gasteiger partial charge in [-0.05, 0) is 37.2 Å². The normalized spacial score (nSPS) is 12.4. The Balaban J connectivity index is 2.23. The summed E-state index contributed by atoms with van der Waals surface area (Å²) in [7, 11) is 8.19. The van der Waals surface area contributed by atoms with Crippen molar-refractivity contribution in [3.8, 4) is 0 Å². The molecule has 0 amide bonds. The Kier molecular flexibility index (Phi) is 5.02. The molecule has 4 heteroatoms. The Labute approximate surface area is 127 Å². The molecule has 0 aliphatic heterocycles. The van der Waals surface area contributed by atoms with E-state index in [0.717, 1.165) is 18.5 Å². The maximum absolute atomic E-state index is 4.54. The van der Waals surface area contributed by atoms with Crippen LogP contribution in [0.2, 0.25) is 0 Å². The van der Waals surface area contributed by atoms with Crippen molar-refractivity contribution in [3.63, 3.8) is 0 Å². The van der Waals surface area contributed by atoms with Gasteiger partial charge in [-0.1, -0.05) is 19.1 Å². The molecule has 0 aliphatic rings. The second-order valence-corrected chi connectivity index (χ2v) is 5.64. The van der Waals surface area contributed by atoms with Crippen molar-refractivity contribution < 1.29 is 0 Å². The number of likely N-dealkylation sites (N-methyl/N-ethyl adjacent to an activating group) is 1. The van der Waals surface area contributed by atoms with E-state index in [4.69, 9.17) is 0 Å². The van der Waals surface area contributed by atoms with E-state index in [2.05, 4.69) is 66.7 Å². The minimum Gasteiger partial charge on any atom is -0.378 e. The molecule has 0 spiro atoms. The predicted molar refractivity (Wildman–Crippen MR) is 88.9 cm³/mol. The van der Waals surface area contributed by atoms with Crippen LogP contribution in [0.4, 0.5) is 5.69 Å². The van der Waals surface area contributed by atoms with E-state index in [0.29, 0.717) is 6.04 Å². The van der Waals surface area contributed by atoms with Crippen molar-refractivity contribution in [1.29, 1.82) is 0 Å². The molecule has 0 radical (unpaired) electrons. The molecule has 0 aliphatic carbocycles. The first kappa shape index (κ1) is 15.6. The van der Waals surface area contributed by atoms with Gasteiger partial charge in [0.2, 0.25) is 0 Å². The van der Waals surface area contributed by atoms with Gasteiger partial charge < -0.3 is 10.2 Å². The molecular formula is C17H26N4. The number of nitrogens with zero attached hydrogens (tertiary/aromatic N) is 3. The summed E-state index contributed by atoms with van der Waals surface area (Å²) in [5, 5.41) is 7.96. The van der Waals surface area contributed by atoms with Gasteiger partial charge in [0.25, 0.3) is 0 Å². The van der Waals surface area contributed by atoms with E-state index in [9.17, 15) is 0 Å². The summed E-state index contributed by atoms with van der Waals surface area (Å²) in [6.45, 7) is 2.14. The molecule has 1 heterocycles. The Hall–Kier alpha value is -1.81. The summed E-state index contributed by atoms with van der Waals surface area (Å²) in [5.41, 5.74) is 4.96. The average Bonchev–Trinajstić information content (AvgIpc) is 2.85. The van der Waals surface area contributed by atoms with Gasteiger partial charge >= 0.3 is 0 Å². The van der Waals surface area contributed by atoms with Crippen LogP contribution in [-0.2, 0) is 19.9 Å². The molecule has 0 saturated heterocycles. The summed E-state index contributed by atoms with van der Waals surface area (Å²) in [4.78, 5) is 2.13. The van der Waals surface area contributed by atoms with E-state index in [1.165, 1.54) is 16.9 Å². The van der Waals surface area contributed by atoms with Gasteiger partial charge in [0, 0.05) is 45.0 Å². The average molecular weight is 286 g/mol. The first-order valence-electron chi connectivity index (χ1n) is 7.51. The Bertz CT molecular complexity index is 586. The maximum Gasteiger partial charge on any atom is 0.0624 e. The molecule has 2 aromatic rings. The highest BCUT2D eigenvalue weighted by molar-refractivity contribution is 5.48. The number of aryl methyl sites for hydroxylation is 2. The summed E-state index contributed by atoms with van der Waals surface area (Å²) < 4.78 is 2.00. The molecular weight excluding hydrogens is 260 g/mol. The van der Waals surface area contributed by atoms with E-state index in [1.807, 2.05) is 18.8 Å². The molecule has 2 rings (SSSR count). The van der Waals surface area contributed by atoms with Crippen LogP contribution in [-0.4, -0.2) is 30.9 Å². The van der Waals surface area contributed by atoms with E-state index >= 15 is 0 Å². The highest BCUT2D eigenvalue weighted by Gasteiger charge is 2.14. The fraction of sp³-hybridized carbons (Fsp3) is 0.471. The number of hydrogen-bond acceptors (Lipinski definition) is 3. The number of hydrogen-bond donors (Lipinski definition) is 1. The number of nitrogens with one attached hydrogen (secondary N) is 1. The zero-order valence-electron chi connectivity index (χ0n) is 13.7. The van der Waals surface area contributed by atoms with Crippen molar-refractivity contribution in [2.45, 2.75) is 25.8 Å². The fourth-order valence-corrected chi connectivity index (χ4v) is 2.55. The number of aromatic nitrogens is 2. The minimum atomic E-state index is 0.296. The second-order valence-electron chi connectivity index (χ2n) is 5.64. The first-order valence-corrected chi connectivity index (χ1v) is 7.51. The Morgan fingerprint density at radius 1 is 1.29 bits per heavy atom. The minimum absolute atomic E-state index is 0.296. The van der Waals surface area contributed by atoms with Crippen molar-refractivity contribution >= 4 is 5.69 Å². The van der Waals surface area contributed by atoms with Crippen molar-refractivity contribution in [2.24, 2.45) is 7.05 Å². The van der Waals surface area contributed by atoms with E-state index in [1.54, 1.807) is 0 Å². The van der Waals surface area contributed by atoms with Crippen molar-refractivity contribution in [3.05, 3.63) is 47.3 Å². The fourth-order valence-electron chi connectivity index (χ4n) is 2.55. The van der Waals surface area contributed by atoms with Gasteiger partial charge in [-0.25, -0.2) is 0 Å². The number of anilines is 1. The molecule has 0 saturated carbocycles. The van der Waals surface area contributed by atoms with Crippen LogP contribution in [0, 0.1) is 0 Å². The van der Waals surface area contributed by atoms with Crippen LogP contribution < -0.4 is 10.2 Å². The number of rotatable bonds is 6. The second kappa shape index (κ2) is 6.76. The molecule has 1 aromatic heterocycles. The molecule has 1 aromatic carbocycles. The third-order valence-corrected chi connectivity index (χ3v) is 3.94. The molecule has 114 valence electrons. The lowest BCUT2D eigenvalue weighted by Crippen LogP contribution is -2.20. The van der Waals surface area contributed by atoms with Crippen LogP contribution in [0.5, 0.6) is 0 Å². The topological polar surface area (TPSA) is 33.1 Å². The lowest BCUT2D eigenvalue weighted by Gasteiger charge is -2.20. The van der Waals surface area contributed by atoms with E-state index in [-0.39, 0.29) is 0 Å². The highest BCUT2D eigenvalue weighted by Crippen LogP contribution is 2.22. The van der Waals surface area contributed by atoms with Crippen LogP contribution >= 0.6 is 0 Å². The Morgan fingerprint density at radius 2 is 2.05 bits per heavy atom. The van der Waals surface area contributed by atoms with Crippen LogP contribution in [0.3, 0.4) is 0 Å². The molecule has 1 N–H and O–H groups in total. The standard InChI is InChI=1S/C17H26N4/c1-6-14-11-16(21(5)19-14)12-17(18-2)13-8-7-9-15(10-13)20(3)4/h7-11,17-18H,6,12H2,1-5H3. The van der Waals surface area contributed by atoms with E-state index < -0.39 is 0 Å². The maximum atomic E-state index is 4.54. The quantitative estimate of drug-likeness (QED) is 0.886. The molecule has 1 atom stereocenters. The third kappa shape index (κ3) is 3.64. The molecule has 21 heavy (non-hydrogen) atoms. The van der Waals surface area contributed by atoms with Crippen molar-refractivity contribution in [2.75, 3.05) is 26.0 Å². The van der Waals surface area contributed by atoms with Crippen LogP contribution in [0.15, 0.2) is 30.3 Å². The summed E-state index contributed by atoms with van der Waals surface area (Å²) >= 11 is 0. The summed E-state index contributed by atoms with van der Waals surface area (Å²) in [6.07, 6.45) is 1.92. The lowest BCUT2D eigenvalue weighted by molar-refractivity contribution is 0.561. The predicted octanol–water partition coefficient (Wildman–Crippen LogP) is 2.55. The van der Waals surface area contributed by atoms with Crippen LogP contribution in [0.25, 0.3) is 0 Å². The monoisotopic (exact) mass is 286 g/mol. The zero-order valence-corrected chi connectivity index (χ0v) is 13.7.